The highest BCUT2D eigenvalue weighted by molar-refractivity contribution is 6.09. The second-order valence-electron chi connectivity index (χ2n) is 4.24. The van der Waals surface area contributed by atoms with Crippen LogP contribution < -0.4 is 9.47 Å². The number of hydrogen-bond donors (Lipinski definition) is 3. The minimum atomic E-state index is -0.467. The van der Waals surface area contributed by atoms with Gasteiger partial charge in [0, 0.05) is 16.3 Å². The van der Waals surface area contributed by atoms with E-state index in [0.29, 0.717) is 12.0 Å². The van der Waals surface area contributed by atoms with Gasteiger partial charge in [0.05, 0.1) is 5.56 Å². The number of benzene rings is 2. The van der Waals surface area contributed by atoms with Gasteiger partial charge in [0.2, 0.25) is 6.79 Å². The van der Waals surface area contributed by atoms with Crippen LogP contribution in [-0.4, -0.2) is 28.4 Å². The maximum atomic E-state index is 11.2. The summed E-state index contributed by atoms with van der Waals surface area (Å²) >= 11 is 0. The Morgan fingerprint density at radius 2 is 1.89 bits per heavy atom. The van der Waals surface area contributed by atoms with Crippen LogP contribution in [0.2, 0.25) is 0 Å². The molecule has 0 aliphatic carbocycles. The molecule has 0 spiro atoms. The van der Waals surface area contributed by atoms with Crippen molar-refractivity contribution < 1.29 is 29.6 Å². The third-order valence-electron chi connectivity index (χ3n) is 3.24. The number of phenolic OH excluding ortho intramolecular Hbond substituents is 3. The first-order chi connectivity index (χ1) is 9.06. The molecule has 0 unspecified atom stereocenters. The summed E-state index contributed by atoms with van der Waals surface area (Å²) in [6, 6.07) is 1.46. The highest BCUT2D eigenvalue weighted by Gasteiger charge is 2.26. The van der Waals surface area contributed by atoms with Crippen molar-refractivity contribution in [2.45, 2.75) is 6.92 Å². The van der Waals surface area contributed by atoms with E-state index >= 15 is 0 Å². The van der Waals surface area contributed by atoms with E-state index in [4.69, 9.17) is 9.47 Å². The average Bonchev–Trinajstić information content (AvgIpc) is 2.88. The van der Waals surface area contributed by atoms with Crippen molar-refractivity contribution in [3.63, 3.8) is 0 Å². The van der Waals surface area contributed by atoms with E-state index in [9.17, 15) is 20.1 Å². The first kappa shape index (κ1) is 11.5. The lowest BCUT2D eigenvalue weighted by atomic mass is 9.98. The zero-order valence-electron chi connectivity index (χ0n) is 9.93. The lowest BCUT2D eigenvalue weighted by Crippen LogP contribution is -1.94. The molecule has 0 amide bonds. The van der Waals surface area contributed by atoms with Gasteiger partial charge in [-0.05, 0) is 13.0 Å². The van der Waals surface area contributed by atoms with Crippen molar-refractivity contribution in [3.8, 4) is 28.7 Å². The molecule has 6 nitrogen and oxygen atoms in total. The van der Waals surface area contributed by atoms with Gasteiger partial charge in [-0.3, -0.25) is 4.79 Å². The number of aromatic hydroxyl groups is 3. The third kappa shape index (κ3) is 1.33. The van der Waals surface area contributed by atoms with Crippen LogP contribution in [0.15, 0.2) is 6.07 Å². The van der Waals surface area contributed by atoms with Gasteiger partial charge in [-0.2, -0.15) is 0 Å². The number of ether oxygens (including phenoxy) is 2. The fourth-order valence-electron chi connectivity index (χ4n) is 2.23. The molecule has 3 N–H and O–H groups in total. The molecular formula is C13H10O6. The van der Waals surface area contributed by atoms with Crippen molar-refractivity contribution in [3.05, 3.63) is 17.2 Å². The maximum absolute atomic E-state index is 11.2. The number of phenols is 3. The average molecular weight is 262 g/mol. The molecule has 3 rings (SSSR count). The van der Waals surface area contributed by atoms with Gasteiger partial charge >= 0.3 is 0 Å². The first-order valence-electron chi connectivity index (χ1n) is 5.51. The number of carbonyl (C=O) groups is 1. The summed E-state index contributed by atoms with van der Waals surface area (Å²) in [6.07, 6.45) is 0.490. The Labute approximate surface area is 107 Å². The maximum Gasteiger partial charge on any atom is 0.231 e. The molecular weight excluding hydrogens is 252 g/mol. The van der Waals surface area contributed by atoms with Crippen LogP contribution in [-0.2, 0) is 0 Å². The molecule has 2 aromatic rings. The number of carbonyl (C=O) groups excluding carboxylic acids is 1. The van der Waals surface area contributed by atoms with Gasteiger partial charge in [-0.15, -0.1) is 0 Å². The van der Waals surface area contributed by atoms with E-state index in [2.05, 4.69) is 0 Å². The molecule has 19 heavy (non-hydrogen) atoms. The summed E-state index contributed by atoms with van der Waals surface area (Å²) in [7, 11) is 0. The lowest BCUT2D eigenvalue weighted by molar-refractivity contribution is 0.112. The van der Waals surface area contributed by atoms with Crippen molar-refractivity contribution >= 4 is 17.1 Å². The summed E-state index contributed by atoms with van der Waals surface area (Å²) in [5.74, 6) is -0.640. The van der Waals surface area contributed by atoms with Crippen LogP contribution in [0, 0.1) is 6.92 Å². The molecule has 98 valence electrons. The van der Waals surface area contributed by atoms with Crippen molar-refractivity contribution in [2.24, 2.45) is 0 Å². The summed E-state index contributed by atoms with van der Waals surface area (Å²) in [5.41, 5.74) is 0.161. The SMILES string of the molecule is Cc1c(O)c(O)c2c(C=O)c3c(cc2c1O)OCO3. The molecule has 0 saturated carbocycles. The molecule has 1 aliphatic heterocycles. The lowest BCUT2D eigenvalue weighted by Gasteiger charge is -2.12. The van der Waals surface area contributed by atoms with Crippen molar-refractivity contribution in [1.82, 2.24) is 0 Å². The first-order valence-corrected chi connectivity index (χ1v) is 5.51. The van der Waals surface area contributed by atoms with E-state index < -0.39 is 11.5 Å². The third-order valence-corrected chi connectivity index (χ3v) is 3.24. The van der Waals surface area contributed by atoms with Gasteiger partial charge in [0.25, 0.3) is 0 Å². The van der Waals surface area contributed by atoms with Gasteiger partial charge in [0.1, 0.15) is 5.75 Å². The summed E-state index contributed by atoms with van der Waals surface area (Å²) in [6.45, 7) is 1.41. The van der Waals surface area contributed by atoms with Gasteiger partial charge in [-0.1, -0.05) is 0 Å². The fourth-order valence-corrected chi connectivity index (χ4v) is 2.23. The fraction of sp³-hybridized carbons (Fsp3) is 0.154. The monoisotopic (exact) mass is 262 g/mol. The predicted molar refractivity (Wildman–Crippen MR) is 65.2 cm³/mol. The highest BCUT2D eigenvalue weighted by atomic mass is 16.7. The number of hydrogen-bond acceptors (Lipinski definition) is 6. The van der Waals surface area contributed by atoms with Crippen LogP contribution in [0.25, 0.3) is 10.8 Å². The molecule has 6 heteroatoms. The quantitative estimate of drug-likeness (QED) is 0.412. The Morgan fingerprint density at radius 3 is 2.58 bits per heavy atom. The Balaban J connectivity index is 2.58. The largest absolute Gasteiger partial charge is 0.507 e. The van der Waals surface area contributed by atoms with Crippen molar-refractivity contribution in [2.75, 3.05) is 6.79 Å². The van der Waals surface area contributed by atoms with Crippen LogP contribution in [0.4, 0.5) is 0 Å². The summed E-state index contributed by atoms with van der Waals surface area (Å²) < 4.78 is 10.3. The predicted octanol–water partition coefficient (Wildman–Crippen LogP) is 1.81. The second kappa shape index (κ2) is 3.68. The molecule has 0 radical (unpaired) electrons. The summed E-state index contributed by atoms with van der Waals surface area (Å²) in [5, 5.41) is 30.0. The smallest absolute Gasteiger partial charge is 0.231 e. The minimum Gasteiger partial charge on any atom is -0.507 e. The van der Waals surface area contributed by atoms with Gasteiger partial charge in [0.15, 0.2) is 29.3 Å². The van der Waals surface area contributed by atoms with E-state index in [0.717, 1.165) is 0 Å². The van der Waals surface area contributed by atoms with Crippen LogP contribution in [0.5, 0.6) is 28.7 Å². The standard InChI is InChI=1S/C13H10O6/c1-5-10(15)6-2-8-13(19-4-18-8)7(3-14)9(6)12(17)11(5)16/h2-3,15-17H,4H2,1H3. The van der Waals surface area contributed by atoms with Crippen LogP contribution >= 0.6 is 0 Å². The van der Waals surface area contributed by atoms with Crippen LogP contribution in [0.3, 0.4) is 0 Å². The molecule has 0 bridgehead atoms. The van der Waals surface area contributed by atoms with E-state index in [1.807, 2.05) is 0 Å². The normalized spacial score (nSPS) is 12.9. The zero-order valence-corrected chi connectivity index (χ0v) is 9.93. The molecule has 2 aromatic carbocycles. The van der Waals surface area contributed by atoms with Crippen molar-refractivity contribution in [1.29, 1.82) is 0 Å². The van der Waals surface area contributed by atoms with Gasteiger partial charge in [-0.25, -0.2) is 0 Å². The van der Waals surface area contributed by atoms with Gasteiger partial charge < -0.3 is 24.8 Å². The molecule has 0 saturated heterocycles. The Morgan fingerprint density at radius 1 is 1.16 bits per heavy atom. The second-order valence-corrected chi connectivity index (χ2v) is 4.24. The van der Waals surface area contributed by atoms with E-state index in [1.165, 1.54) is 13.0 Å². The molecule has 1 heterocycles. The Kier molecular flexibility index (Phi) is 2.22. The Bertz CT molecular complexity index is 719. The topological polar surface area (TPSA) is 96.2 Å². The van der Waals surface area contributed by atoms with Crippen LogP contribution in [0.1, 0.15) is 15.9 Å². The number of fused-ring (bicyclic) bond motifs is 2. The number of aldehydes is 1. The van der Waals surface area contributed by atoms with E-state index in [1.54, 1.807) is 0 Å². The van der Waals surface area contributed by atoms with E-state index in [-0.39, 0.29) is 40.2 Å². The zero-order chi connectivity index (χ0) is 13.7. The molecule has 0 atom stereocenters. The Hall–Kier alpha value is -2.63. The minimum absolute atomic E-state index is 0.0353. The molecule has 1 aliphatic rings. The molecule has 0 fully saturated rings. The number of rotatable bonds is 1. The summed E-state index contributed by atoms with van der Waals surface area (Å²) in [4.78, 5) is 11.2. The molecule has 0 aromatic heterocycles. The highest BCUT2D eigenvalue weighted by Crippen LogP contribution is 2.50.